The van der Waals surface area contributed by atoms with Gasteiger partial charge in [-0.3, -0.25) is 0 Å². The van der Waals surface area contributed by atoms with Crippen LogP contribution in [0, 0.1) is 5.92 Å². The molecule has 0 saturated carbocycles. The van der Waals surface area contributed by atoms with Gasteiger partial charge < -0.3 is 19.3 Å². The number of halogens is 2. The van der Waals surface area contributed by atoms with Crippen LogP contribution in [-0.2, 0) is 9.47 Å². The first-order chi connectivity index (χ1) is 11.2. The molecule has 136 valence electrons. The SMILES string of the molecule is CN1CC(OCC2CCN(C(=O)OC(C)(C)C)CC2)=CC(F)=C1Cl. The van der Waals surface area contributed by atoms with Crippen LogP contribution in [-0.4, -0.2) is 54.8 Å². The number of likely N-dealkylation sites (N-methyl/N-ethyl adjacent to an activating group) is 1. The molecule has 0 radical (unpaired) electrons. The molecule has 1 saturated heterocycles. The van der Waals surface area contributed by atoms with Gasteiger partial charge in [0.15, 0.2) is 5.83 Å². The highest BCUT2D eigenvalue weighted by Crippen LogP contribution is 2.26. The van der Waals surface area contributed by atoms with E-state index in [9.17, 15) is 9.18 Å². The fourth-order valence-electron chi connectivity index (χ4n) is 2.65. The van der Waals surface area contributed by atoms with Crippen molar-refractivity contribution < 1.29 is 18.7 Å². The van der Waals surface area contributed by atoms with E-state index < -0.39 is 11.4 Å². The van der Waals surface area contributed by atoms with Crippen LogP contribution in [0.1, 0.15) is 33.6 Å². The second-order valence-corrected chi connectivity index (χ2v) is 7.69. The van der Waals surface area contributed by atoms with E-state index in [1.54, 1.807) is 16.8 Å². The lowest BCUT2D eigenvalue weighted by atomic mass is 9.98. The zero-order valence-electron chi connectivity index (χ0n) is 14.8. The van der Waals surface area contributed by atoms with Gasteiger partial charge in [-0.05, 0) is 39.5 Å². The molecule has 7 heteroatoms. The zero-order chi connectivity index (χ0) is 17.9. The number of ether oxygens (including phenoxy) is 2. The average molecular weight is 361 g/mol. The van der Waals surface area contributed by atoms with Crippen molar-refractivity contribution in [3.05, 3.63) is 22.8 Å². The molecule has 0 aliphatic carbocycles. The summed E-state index contributed by atoms with van der Waals surface area (Å²) in [7, 11) is 1.72. The van der Waals surface area contributed by atoms with Gasteiger partial charge in [0.25, 0.3) is 0 Å². The van der Waals surface area contributed by atoms with Crippen LogP contribution >= 0.6 is 11.6 Å². The molecule has 0 aromatic carbocycles. The van der Waals surface area contributed by atoms with Crippen LogP contribution in [0.15, 0.2) is 22.8 Å². The number of carbonyl (C=O) groups excluding carboxylic acids is 1. The summed E-state index contributed by atoms with van der Waals surface area (Å²) in [6.45, 7) is 7.88. The predicted molar refractivity (Wildman–Crippen MR) is 91.2 cm³/mol. The van der Waals surface area contributed by atoms with Crippen molar-refractivity contribution in [2.24, 2.45) is 5.92 Å². The van der Waals surface area contributed by atoms with Crippen LogP contribution < -0.4 is 0 Å². The summed E-state index contributed by atoms with van der Waals surface area (Å²) in [5.74, 6) is 0.452. The fourth-order valence-corrected chi connectivity index (χ4v) is 2.77. The van der Waals surface area contributed by atoms with E-state index in [1.807, 2.05) is 20.8 Å². The lowest BCUT2D eigenvalue weighted by Gasteiger charge is -2.33. The standard InChI is InChI=1S/C17H26ClFN2O3/c1-17(2,3)24-16(22)21-7-5-12(6-8-21)11-23-13-9-14(19)15(18)20(4)10-13/h9,12H,5-8,10-11H2,1-4H3. The third kappa shape index (κ3) is 5.30. The molecule has 0 unspecified atom stereocenters. The van der Waals surface area contributed by atoms with Crippen molar-refractivity contribution in [3.8, 4) is 0 Å². The molecule has 0 spiro atoms. The molecule has 2 rings (SSSR count). The van der Waals surface area contributed by atoms with Crippen molar-refractivity contribution in [3.63, 3.8) is 0 Å². The molecule has 0 atom stereocenters. The second kappa shape index (κ2) is 7.64. The van der Waals surface area contributed by atoms with Gasteiger partial charge in [0.2, 0.25) is 0 Å². The monoisotopic (exact) mass is 360 g/mol. The fraction of sp³-hybridized carbons (Fsp3) is 0.706. The number of rotatable bonds is 3. The summed E-state index contributed by atoms with van der Waals surface area (Å²) < 4.78 is 24.7. The third-order valence-corrected chi connectivity index (χ3v) is 4.45. The number of hydrogen-bond donors (Lipinski definition) is 0. The molecule has 0 aromatic heterocycles. The van der Waals surface area contributed by atoms with E-state index in [0.29, 0.717) is 37.9 Å². The molecular weight excluding hydrogens is 335 g/mol. The zero-order valence-corrected chi connectivity index (χ0v) is 15.5. The molecule has 0 N–H and O–H groups in total. The van der Waals surface area contributed by atoms with Gasteiger partial charge in [-0.2, -0.15) is 0 Å². The van der Waals surface area contributed by atoms with Gasteiger partial charge in [0.05, 0.1) is 13.2 Å². The smallest absolute Gasteiger partial charge is 0.410 e. The maximum Gasteiger partial charge on any atom is 0.410 e. The second-order valence-electron chi connectivity index (χ2n) is 7.33. The minimum absolute atomic E-state index is 0.105. The normalized spacial score (nSPS) is 20.2. The van der Waals surface area contributed by atoms with Crippen molar-refractivity contribution in [1.29, 1.82) is 0 Å². The Kier molecular flexibility index (Phi) is 6.01. The van der Waals surface area contributed by atoms with E-state index in [1.165, 1.54) is 6.08 Å². The Morgan fingerprint density at radius 3 is 2.54 bits per heavy atom. The Labute approximate surface area is 148 Å². The highest BCUT2D eigenvalue weighted by molar-refractivity contribution is 6.29. The quantitative estimate of drug-likeness (QED) is 0.717. The highest BCUT2D eigenvalue weighted by Gasteiger charge is 2.27. The van der Waals surface area contributed by atoms with Gasteiger partial charge in [-0.15, -0.1) is 0 Å². The molecule has 2 heterocycles. The molecule has 2 aliphatic heterocycles. The number of hydrogen-bond acceptors (Lipinski definition) is 4. The lowest BCUT2D eigenvalue weighted by molar-refractivity contribution is 0.0144. The summed E-state index contributed by atoms with van der Waals surface area (Å²) in [4.78, 5) is 15.4. The molecule has 24 heavy (non-hydrogen) atoms. The average Bonchev–Trinajstić information content (AvgIpc) is 2.49. The molecule has 0 bridgehead atoms. The third-order valence-electron chi connectivity index (χ3n) is 3.98. The van der Waals surface area contributed by atoms with Crippen molar-refractivity contribution >= 4 is 17.7 Å². The minimum Gasteiger partial charge on any atom is -0.496 e. The number of allylic oxidation sites excluding steroid dienone is 2. The van der Waals surface area contributed by atoms with Crippen LogP contribution in [0.4, 0.5) is 9.18 Å². The number of likely N-dealkylation sites (tertiary alicyclic amines) is 1. The van der Waals surface area contributed by atoms with Crippen LogP contribution in [0.25, 0.3) is 0 Å². The van der Waals surface area contributed by atoms with E-state index in [4.69, 9.17) is 21.1 Å². The minimum atomic E-state index is -0.477. The first kappa shape index (κ1) is 18.9. The van der Waals surface area contributed by atoms with Gasteiger partial charge >= 0.3 is 6.09 Å². The topological polar surface area (TPSA) is 42.0 Å². The molecule has 1 amide bonds. The van der Waals surface area contributed by atoms with Crippen LogP contribution in [0.5, 0.6) is 0 Å². The number of nitrogens with zero attached hydrogens (tertiary/aromatic N) is 2. The summed E-state index contributed by atoms with van der Waals surface area (Å²) >= 11 is 5.80. The number of amides is 1. The summed E-state index contributed by atoms with van der Waals surface area (Å²) in [5.41, 5.74) is -0.477. The maximum atomic E-state index is 13.6. The Morgan fingerprint density at radius 1 is 1.38 bits per heavy atom. The molecule has 0 aromatic rings. The Bertz CT molecular complexity index is 534. The van der Waals surface area contributed by atoms with Crippen molar-refractivity contribution in [1.82, 2.24) is 9.80 Å². The van der Waals surface area contributed by atoms with Crippen LogP contribution in [0.2, 0.25) is 0 Å². The van der Waals surface area contributed by atoms with Gasteiger partial charge in [0, 0.05) is 26.2 Å². The summed E-state index contributed by atoms with van der Waals surface area (Å²) in [6, 6.07) is 0. The largest absolute Gasteiger partial charge is 0.496 e. The first-order valence-corrected chi connectivity index (χ1v) is 8.61. The number of carbonyl (C=O) groups is 1. The van der Waals surface area contributed by atoms with Gasteiger partial charge in [-0.1, -0.05) is 11.6 Å². The summed E-state index contributed by atoms with van der Waals surface area (Å²) in [6.07, 6.45) is 2.78. The highest BCUT2D eigenvalue weighted by atomic mass is 35.5. The first-order valence-electron chi connectivity index (χ1n) is 8.23. The van der Waals surface area contributed by atoms with Crippen molar-refractivity contribution in [2.75, 3.05) is 33.3 Å². The number of piperidine rings is 1. The predicted octanol–water partition coefficient (Wildman–Crippen LogP) is 3.86. The Morgan fingerprint density at radius 2 is 2.00 bits per heavy atom. The summed E-state index contributed by atoms with van der Waals surface area (Å²) in [5, 5.41) is 0.105. The van der Waals surface area contributed by atoms with E-state index in [-0.39, 0.29) is 11.2 Å². The van der Waals surface area contributed by atoms with E-state index >= 15 is 0 Å². The van der Waals surface area contributed by atoms with Crippen molar-refractivity contribution in [2.45, 2.75) is 39.2 Å². The maximum absolute atomic E-state index is 13.6. The van der Waals surface area contributed by atoms with Gasteiger partial charge in [-0.25, -0.2) is 9.18 Å². The van der Waals surface area contributed by atoms with E-state index in [0.717, 1.165) is 12.8 Å². The molecule has 2 aliphatic rings. The Hall–Kier alpha value is -1.43. The Balaban J connectivity index is 1.76. The van der Waals surface area contributed by atoms with E-state index in [2.05, 4.69) is 0 Å². The van der Waals surface area contributed by atoms with Gasteiger partial charge in [0.1, 0.15) is 16.5 Å². The lowest BCUT2D eigenvalue weighted by Crippen LogP contribution is -2.42. The van der Waals surface area contributed by atoms with Crippen LogP contribution in [0.3, 0.4) is 0 Å². The molecular formula is C17H26ClFN2O3. The molecule has 5 nitrogen and oxygen atoms in total. The molecule has 1 fully saturated rings.